The molecule has 0 heterocycles. The van der Waals surface area contributed by atoms with E-state index < -0.39 is 11.5 Å². The molecule has 0 unspecified atom stereocenters. The van der Waals surface area contributed by atoms with E-state index in [9.17, 15) is 9.59 Å². The van der Waals surface area contributed by atoms with Crippen LogP contribution < -0.4 is 0 Å². The second-order valence-electron chi connectivity index (χ2n) is 5.71. The molecular formula is C14H27NO3. The van der Waals surface area contributed by atoms with Crippen molar-refractivity contribution in [2.24, 2.45) is 0 Å². The van der Waals surface area contributed by atoms with Crippen molar-refractivity contribution in [2.75, 3.05) is 6.54 Å². The van der Waals surface area contributed by atoms with Crippen LogP contribution in [0.25, 0.3) is 0 Å². The summed E-state index contributed by atoms with van der Waals surface area (Å²) in [4.78, 5) is 24.3. The molecule has 0 saturated carbocycles. The first-order chi connectivity index (χ1) is 8.29. The van der Waals surface area contributed by atoms with Crippen LogP contribution in [0.3, 0.4) is 0 Å². The van der Waals surface area contributed by atoms with Crippen LogP contribution in [0, 0.1) is 0 Å². The van der Waals surface area contributed by atoms with E-state index in [4.69, 9.17) is 5.11 Å². The van der Waals surface area contributed by atoms with Gasteiger partial charge < -0.3 is 10.0 Å². The van der Waals surface area contributed by atoms with Crippen LogP contribution in [0.5, 0.6) is 0 Å². The summed E-state index contributed by atoms with van der Waals surface area (Å²) in [5.41, 5.74) is -0.432. The quantitative estimate of drug-likeness (QED) is 0.680. The molecule has 0 fully saturated rings. The van der Waals surface area contributed by atoms with Gasteiger partial charge in [-0.1, -0.05) is 32.6 Å². The van der Waals surface area contributed by atoms with Crippen LogP contribution in [0.2, 0.25) is 0 Å². The molecule has 0 aromatic carbocycles. The lowest BCUT2D eigenvalue weighted by atomic mass is 10.0. The highest BCUT2D eigenvalue weighted by molar-refractivity contribution is 5.82. The molecule has 0 atom stereocenters. The van der Waals surface area contributed by atoms with E-state index in [1.807, 2.05) is 20.8 Å². The van der Waals surface area contributed by atoms with E-state index in [2.05, 4.69) is 6.92 Å². The first-order valence-electron chi connectivity index (χ1n) is 6.81. The average molecular weight is 257 g/mol. The van der Waals surface area contributed by atoms with Crippen LogP contribution in [0.15, 0.2) is 0 Å². The molecule has 0 aliphatic carbocycles. The summed E-state index contributed by atoms with van der Waals surface area (Å²) in [7, 11) is 0. The standard InChI is InChI=1S/C14H27NO3/c1-5-6-7-8-9-10-12(16)15(11-13(17)18)14(2,3)4/h5-11H2,1-4H3,(H,17,18). The van der Waals surface area contributed by atoms with Crippen LogP contribution >= 0.6 is 0 Å². The maximum Gasteiger partial charge on any atom is 0.323 e. The number of carbonyl (C=O) groups is 2. The Kier molecular flexibility index (Phi) is 7.64. The number of hydrogen-bond acceptors (Lipinski definition) is 2. The summed E-state index contributed by atoms with van der Waals surface area (Å²) in [6.07, 6.45) is 5.88. The molecule has 0 radical (unpaired) electrons. The molecule has 4 nitrogen and oxygen atoms in total. The zero-order valence-corrected chi connectivity index (χ0v) is 12.2. The van der Waals surface area contributed by atoms with E-state index in [-0.39, 0.29) is 12.5 Å². The van der Waals surface area contributed by atoms with Gasteiger partial charge in [-0.05, 0) is 27.2 Å². The van der Waals surface area contributed by atoms with Gasteiger partial charge in [0.2, 0.25) is 5.91 Å². The van der Waals surface area contributed by atoms with Gasteiger partial charge in [0, 0.05) is 12.0 Å². The molecule has 18 heavy (non-hydrogen) atoms. The van der Waals surface area contributed by atoms with Crippen molar-refractivity contribution in [3.8, 4) is 0 Å². The minimum absolute atomic E-state index is 0.0543. The van der Waals surface area contributed by atoms with E-state index in [1.165, 1.54) is 17.7 Å². The van der Waals surface area contributed by atoms with Crippen LogP contribution in [-0.4, -0.2) is 34.0 Å². The van der Waals surface area contributed by atoms with Gasteiger partial charge in [0.25, 0.3) is 0 Å². The van der Waals surface area contributed by atoms with Gasteiger partial charge in [-0.25, -0.2) is 0 Å². The number of carbonyl (C=O) groups excluding carboxylic acids is 1. The molecule has 0 bridgehead atoms. The molecule has 0 aliphatic rings. The Labute approximate surface area is 110 Å². The maximum absolute atomic E-state index is 12.0. The van der Waals surface area contributed by atoms with Gasteiger partial charge in [0.05, 0.1) is 0 Å². The minimum Gasteiger partial charge on any atom is -0.480 e. The molecule has 0 aromatic rings. The summed E-state index contributed by atoms with van der Waals surface area (Å²) in [6.45, 7) is 7.54. The van der Waals surface area contributed by atoms with Crippen LogP contribution in [0.1, 0.15) is 66.2 Å². The second-order valence-corrected chi connectivity index (χ2v) is 5.71. The topological polar surface area (TPSA) is 57.6 Å². The molecule has 4 heteroatoms. The molecule has 0 saturated heterocycles. The smallest absolute Gasteiger partial charge is 0.323 e. The Morgan fingerprint density at radius 2 is 1.61 bits per heavy atom. The summed E-state index contributed by atoms with van der Waals surface area (Å²) in [6, 6.07) is 0. The van der Waals surface area contributed by atoms with Gasteiger partial charge in [-0.15, -0.1) is 0 Å². The zero-order chi connectivity index (χ0) is 14.2. The van der Waals surface area contributed by atoms with E-state index in [1.54, 1.807) is 0 Å². The monoisotopic (exact) mass is 257 g/mol. The average Bonchev–Trinajstić information content (AvgIpc) is 2.23. The van der Waals surface area contributed by atoms with Crippen molar-refractivity contribution in [1.29, 1.82) is 0 Å². The van der Waals surface area contributed by atoms with Gasteiger partial charge >= 0.3 is 5.97 Å². The third-order valence-corrected chi connectivity index (χ3v) is 2.90. The fraction of sp³-hybridized carbons (Fsp3) is 0.857. The summed E-state index contributed by atoms with van der Waals surface area (Å²) < 4.78 is 0. The Hall–Kier alpha value is -1.06. The molecule has 1 N–H and O–H groups in total. The highest BCUT2D eigenvalue weighted by atomic mass is 16.4. The lowest BCUT2D eigenvalue weighted by Crippen LogP contribution is -2.48. The van der Waals surface area contributed by atoms with Crippen LogP contribution in [0.4, 0.5) is 0 Å². The largest absolute Gasteiger partial charge is 0.480 e. The Balaban J connectivity index is 4.19. The third kappa shape index (κ3) is 7.30. The fourth-order valence-corrected chi connectivity index (χ4v) is 1.85. The van der Waals surface area contributed by atoms with Crippen molar-refractivity contribution in [2.45, 2.75) is 71.8 Å². The number of nitrogens with zero attached hydrogens (tertiary/aromatic N) is 1. The zero-order valence-electron chi connectivity index (χ0n) is 12.2. The number of hydrogen-bond donors (Lipinski definition) is 1. The lowest BCUT2D eigenvalue weighted by molar-refractivity contribution is -0.148. The highest BCUT2D eigenvalue weighted by Gasteiger charge is 2.27. The highest BCUT2D eigenvalue weighted by Crippen LogP contribution is 2.16. The number of aliphatic carboxylic acids is 1. The lowest BCUT2D eigenvalue weighted by Gasteiger charge is -2.34. The minimum atomic E-state index is -0.954. The molecule has 0 rings (SSSR count). The molecule has 0 spiro atoms. The summed E-state index contributed by atoms with van der Waals surface area (Å²) in [5, 5.41) is 8.84. The Morgan fingerprint density at radius 1 is 1.06 bits per heavy atom. The molecular weight excluding hydrogens is 230 g/mol. The van der Waals surface area contributed by atoms with Gasteiger partial charge in [0.15, 0.2) is 0 Å². The summed E-state index contributed by atoms with van der Waals surface area (Å²) in [5.74, 6) is -1.01. The number of carboxylic acid groups (broad SMARTS) is 1. The van der Waals surface area contributed by atoms with Crippen molar-refractivity contribution in [1.82, 2.24) is 4.90 Å². The predicted molar refractivity (Wildman–Crippen MR) is 72.5 cm³/mol. The van der Waals surface area contributed by atoms with Crippen molar-refractivity contribution >= 4 is 11.9 Å². The van der Waals surface area contributed by atoms with Crippen molar-refractivity contribution < 1.29 is 14.7 Å². The molecule has 0 aliphatic heterocycles. The Morgan fingerprint density at radius 3 is 2.06 bits per heavy atom. The Bertz CT molecular complexity index is 269. The van der Waals surface area contributed by atoms with Crippen molar-refractivity contribution in [3.63, 3.8) is 0 Å². The van der Waals surface area contributed by atoms with E-state index in [0.717, 1.165) is 19.3 Å². The number of unbranched alkanes of at least 4 members (excludes halogenated alkanes) is 4. The first-order valence-corrected chi connectivity index (χ1v) is 6.81. The molecule has 106 valence electrons. The first kappa shape index (κ1) is 16.9. The molecule has 1 amide bonds. The van der Waals surface area contributed by atoms with E-state index in [0.29, 0.717) is 6.42 Å². The van der Waals surface area contributed by atoms with Gasteiger partial charge in [0.1, 0.15) is 6.54 Å². The SMILES string of the molecule is CCCCCCCC(=O)N(CC(=O)O)C(C)(C)C. The number of carboxylic acids is 1. The van der Waals surface area contributed by atoms with Crippen molar-refractivity contribution in [3.05, 3.63) is 0 Å². The van der Waals surface area contributed by atoms with Gasteiger partial charge in [-0.3, -0.25) is 9.59 Å². The van der Waals surface area contributed by atoms with E-state index >= 15 is 0 Å². The summed E-state index contributed by atoms with van der Waals surface area (Å²) >= 11 is 0. The normalized spacial score (nSPS) is 11.3. The number of amides is 1. The third-order valence-electron chi connectivity index (χ3n) is 2.90. The fourth-order valence-electron chi connectivity index (χ4n) is 1.85. The van der Waals surface area contributed by atoms with Crippen LogP contribution in [-0.2, 0) is 9.59 Å². The maximum atomic E-state index is 12.0. The predicted octanol–water partition coefficient (Wildman–Crippen LogP) is 3.06. The second kappa shape index (κ2) is 8.11. The number of rotatable bonds is 8. The molecule has 0 aromatic heterocycles. The van der Waals surface area contributed by atoms with Gasteiger partial charge in [-0.2, -0.15) is 0 Å².